The largest absolute Gasteiger partial charge is 0.435 e. The van der Waals surface area contributed by atoms with Gasteiger partial charge in [0.2, 0.25) is 5.89 Å². The highest BCUT2D eigenvalue weighted by atomic mass is 32.1. The third-order valence-corrected chi connectivity index (χ3v) is 10.2. The molecule has 0 spiro atoms. The third kappa shape index (κ3) is 3.67. The Morgan fingerprint density at radius 2 is 1.27 bits per heavy atom. The molecule has 3 nitrogen and oxygen atoms in total. The van der Waals surface area contributed by atoms with Crippen LogP contribution in [0, 0.1) is 0 Å². The Morgan fingerprint density at radius 1 is 0.556 bits per heavy atom. The van der Waals surface area contributed by atoms with E-state index in [9.17, 15) is 0 Å². The molecule has 0 aliphatic heterocycles. The second kappa shape index (κ2) is 9.39. The van der Waals surface area contributed by atoms with Crippen LogP contribution in [0.3, 0.4) is 0 Å². The van der Waals surface area contributed by atoms with Crippen LogP contribution in [0.25, 0.3) is 92.1 Å². The Balaban J connectivity index is 1.15. The number of hydrogen-bond acceptors (Lipinski definition) is 3. The first-order valence-electron chi connectivity index (χ1n) is 15.1. The predicted octanol–water partition coefficient (Wildman–Crippen LogP) is 11.8. The van der Waals surface area contributed by atoms with Gasteiger partial charge in [0, 0.05) is 47.8 Å². The quantitative estimate of drug-likeness (QED) is 0.204. The van der Waals surface area contributed by atoms with Gasteiger partial charge in [0.05, 0.1) is 11.0 Å². The molecule has 0 saturated heterocycles. The maximum Gasteiger partial charge on any atom is 0.227 e. The van der Waals surface area contributed by atoms with E-state index in [2.05, 4.69) is 150 Å². The van der Waals surface area contributed by atoms with Gasteiger partial charge in [-0.3, -0.25) is 0 Å². The smallest absolute Gasteiger partial charge is 0.227 e. The summed E-state index contributed by atoms with van der Waals surface area (Å²) in [5, 5.41) is 7.34. The first-order valence-corrected chi connectivity index (χ1v) is 15.9. The molecular weight excluding hydrogens is 569 g/mol. The fourth-order valence-corrected chi connectivity index (χ4v) is 8.15. The molecule has 10 rings (SSSR count). The third-order valence-electron chi connectivity index (χ3n) is 9.00. The average molecular weight is 593 g/mol. The molecular formula is C41H24N2OS. The van der Waals surface area contributed by atoms with Crippen LogP contribution in [0.1, 0.15) is 0 Å². The van der Waals surface area contributed by atoms with Gasteiger partial charge in [-0.25, -0.2) is 4.98 Å². The van der Waals surface area contributed by atoms with Gasteiger partial charge in [-0.05, 0) is 70.9 Å². The lowest BCUT2D eigenvalue weighted by molar-refractivity contribution is 0.623. The topological polar surface area (TPSA) is 31.0 Å². The summed E-state index contributed by atoms with van der Waals surface area (Å²) in [7, 11) is 0. The van der Waals surface area contributed by atoms with Crippen molar-refractivity contribution >= 4 is 75.2 Å². The van der Waals surface area contributed by atoms with Gasteiger partial charge in [0.1, 0.15) is 5.52 Å². The van der Waals surface area contributed by atoms with E-state index in [1.165, 1.54) is 58.5 Å². The number of fused-ring (bicyclic) bond motifs is 9. The summed E-state index contributed by atoms with van der Waals surface area (Å²) < 4.78 is 11.5. The van der Waals surface area contributed by atoms with E-state index in [1.54, 1.807) is 0 Å². The van der Waals surface area contributed by atoms with Gasteiger partial charge in [0.25, 0.3) is 0 Å². The first kappa shape index (κ1) is 24.7. The molecule has 0 aliphatic carbocycles. The molecule has 45 heavy (non-hydrogen) atoms. The van der Waals surface area contributed by atoms with Crippen molar-refractivity contribution in [2.45, 2.75) is 0 Å². The lowest BCUT2D eigenvalue weighted by Crippen LogP contribution is -1.93. The second-order valence-electron chi connectivity index (χ2n) is 11.6. The van der Waals surface area contributed by atoms with E-state index in [1.807, 2.05) is 11.3 Å². The minimum absolute atomic E-state index is 0.631. The lowest BCUT2D eigenvalue weighted by Gasteiger charge is -2.09. The summed E-state index contributed by atoms with van der Waals surface area (Å²) in [5.74, 6) is 0.631. The van der Waals surface area contributed by atoms with E-state index in [0.29, 0.717) is 5.89 Å². The minimum atomic E-state index is 0.631. The van der Waals surface area contributed by atoms with Crippen molar-refractivity contribution in [3.05, 3.63) is 146 Å². The Bertz CT molecular complexity index is 2750. The van der Waals surface area contributed by atoms with Gasteiger partial charge in [-0.2, -0.15) is 0 Å². The van der Waals surface area contributed by atoms with Crippen LogP contribution in [0.15, 0.2) is 150 Å². The van der Waals surface area contributed by atoms with Crippen molar-refractivity contribution in [2.75, 3.05) is 0 Å². The molecule has 0 saturated carbocycles. The highest BCUT2D eigenvalue weighted by Gasteiger charge is 2.20. The van der Waals surface area contributed by atoms with E-state index in [0.717, 1.165) is 27.7 Å². The maximum atomic E-state index is 6.63. The van der Waals surface area contributed by atoms with Crippen LogP contribution < -0.4 is 0 Å². The van der Waals surface area contributed by atoms with E-state index < -0.39 is 0 Å². The zero-order valence-electron chi connectivity index (χ0n) is 24.1. The van der Waals surface area contributed by atoms with Gasteiger partial charge >= 0.3 is 0 Å². The lowest BCUT2D eigenvalue weighted by atomic mass is 10.0. The van der Waals surface area contributed by atoms with Gasteiger partial charge in [0.15, 0.2) is 5.58 Å². The number of aromatic nitrogens is 2. The van der Waals surface area contributed by atoms with Crippen molar-refractivity contribution in [2.24, 2.45) is 0 Å². The molecule has 0 radical (unpaired) electrons. The van der Waals surface area contributed by atoms with Crippen LogP contribution in [0.2, 0.25) is 0 Å². The Labute approximate surface area is 262 Å². The number of hydrogen-bond donors (Lipinski definition) is 0. The van der Waals surface area contributed by atoms with Gasteiger partial charge < -0.3 is 8.98 Å². The van der Waals surface area contributed by atoms with Crippen LogP contribution in [0.5, 0.6) is 0 Å². The molecule has 7 aromatic carbocycles. The monoisotopic (exact) mass is 592 g/mol. The molecule has 3 heterocycles. The number of thiophene rings is 1. The molecule has 0 N–H and O–H groups in total. The van der Waals surface area contributed by atoms with Crippen LogP contribution in [-0.2, 0) is 0 Å². The molecule has 0 bridgehead atoms. The fraction of sp³-hybridized carbons (Fsp3) is 0. The predicted molar refractivity (Wildman–Crippen MR) is 190 cm³/mol. The number of para-hydroxylation sites is 1. The minimum Gasteiger partial charge on any atom is -0.435 e. The SMILES string of the molecule is c1ccc(-c2cc3nc(-c4ccc(-n5c6ccccc6c6cc7ccccc7cc65)cc4)oc3c3c2sc2ccccc23)cc1. The number of rotatable bonds is 3. The normalized spacial score (nSPS) is 12.0. The summed E-state index contributed by atoms with van der Waals surface area (Å²) in [6.07, 6.45) is 0. The Morgan fingerprint density at radius 3 is 2.11 bits per heavy atom. The zero-order valence-corrected chi connectivity index (χ0v) is 24.9. The summed E-state index contributed by atoms with van der Waals surface area (Å²) in [5.41, 5.74) is 8.54. The van der Waals surface area contributed by atoms with Crippen molar-refractivity contribution in [1.29, 1.82) is 0 Å². The van der Waals surface area contributed by atoms with Crippen LogP contribution in [-0.4, -0.2) is 9.55 Å². The molecule has 0 aliphatic rings. The summed E-state index contributed by atoms with van der Waals surface area (Å²) in [6, 6.07) is 51.8. The summed E-state index contributed by atoms with van der Waals surface area (Å²) >= 11 is 1.82. The number of nitrogens with zero attached hydrogens (tertiary/aromatic N) is 2. The molecule has 0 atom stereocenters. The van der Waals surface area contributed by atoms with Crippen molar-refractivity contribution in [3.63, 3.8) is 0 Å². The van der Waals surface area contributed by atoms with Crippen molar-refractivity contribution in [3.8, 4) is 28.3 Å². The van der Waals surface area contributed by atoms with Crippen molar-refractivity contribution in [1.82, 2.24) is 9.55 Å². The molecule has 210 valence electrons. The first-order chi connectivity index (χ1) is 22.3. The zero-order chi connectivity index (χ0) is 29.5. The summed E-state index contributed by atoms with van der Waals surface area (Å²) in [4.78, 5) is 5.06. The van der Waals surface area contributed by atoms with Gasteiger partial charge in [-0.1, -0.05) is 91.0 Å². The molecule has 3 aromatic heterocycles. The maximum absolute atomic E-state index is 6.63. The van der Waals surface area contributed by atoms with Crippen LogP contribution in [0.4, 0.5) is 0 Å². The highest BCUT2D eigenvalue weighted by Crippen LogP contribution is 2.45. The average Bonchev–Trinajstić information content (AvgIpc) is 3.79. The van der Waals surface area contributed by atoms with E-state index in [4.69, 9.17) is 9.40 Å². The van der Waals surface area contributed by atoms with E-state index >= 15 is 0 Å². The van der Waals surface area contributed by atoms with E-state index in [-0.39, 0.29) is 0 Å². The number of benzene rings is 7. The number of oxazole rings is 1. The Kier molecular flexibility index (Phi) is 5.16. The molecule has 0 amide bonds. The molecule has 0 unspecified atom stereocenters. The molecule has 4 heteroatoms. The van der Waals surface area contributed by atoms with Crippen LogP contribution >= 0.6 is 11.3 Å². The second-order valence-corrected chi connectivity index (χ2v) is 12.6. The van der Waals surface area contributed by atoms with Crippen molar-refractivity contribution < 1.29 is 4.42 Å². The molecule has 10 aromatic rings. The fourth-order valence-electron chi connectivity index (χ4n) is 6.91. The Hall–Kier alpha value is -5.71. The highest BCUT2D eigenvalue weighted by molar-refractivity contribution is 7.26. The standard InChI is InChI=1S/C41H24N2OS/c1-2-10-25(11-3-1)32-24-34-39(38-31-15-7-9-17-37(31)45-40(32)38)44-41(42-34)26-18-20-29(21-19-26)43-35-16-8-6-14-30(35)33-22-27-12-4-5-13-28(27)23-36(33)43/h1-24H. The summed E-state index contributed by atoms with van der Waals surface area (Å²) in [6.45, 7) is 0. The molecule has 0 fully saturated rings. The van der Waals surface area contributed by atoms with Gasteiger partial charge in [-0.15, -0.1) is 11.3 Å².